The summed E-state index contributed by atoms with van der Waals surface area (Å²) in [4.78, 5) is 41.1. The summed E-state index contributed by atoms with van der Waals surface area (Å²) in [6.07, 6.45) is 8.61. The molecular formula is C34H42F2N2O5. The highest BCUT2D eigenvalue weighted by molar-refractivity contribution is 5.89. The van der Waals surface area contributed by atoms with E-state index in [2.05, 4.69) is 5.32 Å². The first kappa shape index (κ1) is 31.0. The number of rotatable bonds is 3. The van der Waals surface area contributed by atoms with Gasteiger partial charge in [-0.05, 0) is 79.8 Å². The number of carbonyl (C=O) groups excluding carboxylic acids is 2. The second kappa shape index (κ2) is 13.0. The van der Waals surface area contributed by atoms with Crippen LogP contribution in [0.25, 0.3) is 11.1 Å². The second-order valence-corrected chi connectivity index (χ2v) is 12.8. The number of nitrogens with one attached hydrogen (secondary N) is 1. The molecule has 0 unspecified atom stereocenters. The Morgan fingerprint density at radius 3 is 2.47 bits per heavy atom. The number of hydrogen-bond acceptors (Lipinski definition) is 4. The summed E-state index contributed by atoms with van der Waals surface area (Å²) < 4.78 is 36.3. The van der Waals surface area contributed by atoms with Crippen LogP contribution in [-0.2, 0) is 14.4 Å². The van der Waals surface area contributed by atoms with Crippen molar-refractivity contribution in [3.63, 3.8) is 0 Å². The van der Waals surface area contributed by atoms with Gasteiger partial charge in [0.2, 0.25) is 11.8 Å². The quantitative estimate of drug-likeness (QED) is 0.408. The third-order valence-electron chi connectivity index (χ3n) is 9.48. The lowest BCUT2D eigenvalue weighted by molar-refractivity contribution is -0.140. The molecule has 0 radical (unpaired) electrons. The van der Waals surface area contributed by atoms with Gasteiger partial charge in [0.25, 0.3) is 0 Å². The van der Waals surface area contributed by atoms with E-state index in [0.29, 0.717) is 54.9 Å². The third-order valence-corrected chi connectivity index (χ3v) is 9.48. The van der Waals surface area contributed by atoms with Crippen molar-refractivity contribution in [1.82, 2.24) is 10.2 Å². The molecule has 2 aliphatic heterocycles. The van der Waals surface area contributed by atoms with E-state index in [1.807, 2.05) is 0 Å². The van der Waals surface area contributed by atoms with Gasteiger partial charge in [0.1, 0.15) is 23.4 Å². The number of ether oxygens (including phenoxy) is 1. The van der Waals surface area contributed by atoms with Gasteiger partial charge in [-0.2, -0.15) is 0 Å². The van der Waals surface area contributed by atoms with Gasteiger partial charge >= 0.3 is 5.97 Å². The maximum Gasteiger partial charge on any atom is 0.305 e. The molecule has 1 aliphatic carbocycles. The fraction of sp³-hybridized carbons (Fsp3) is 0.559. The minimum atomic E-state index is -1.20. The number of aryl methyl sites for hydroxylation is 2. The second-order valence-electron chi connectivity index (χ2n) is 12.8. The number of hydrogen-bond donors (Lipinski definition) is 2. The first-order valence-electron chi connectivity index (χ1n) is 15.6. The molecule has 3 aliphatic rings. The highest BCUT2D eigenvalue weighted by Crippen LogP contribution is 2.45. The van der Waals surface area contributed by atoms with E-state index in [4.69, 9.17) is 4.74 Å². The molecule has 1 saturated heterocycles. The molecule has 2 fully saturated rings. The van der Waals surface area contributed by atoms with Gasteiger partial charge in [-0.15, -0.1) is 0 Å². The van der Waals surface area contributed by atoms with E-state index in [1.54, 1.807) is 24.8 Å². The fourth-order valence-electron chi connectivity index (χ4n) is 7.32. The van der Waals surface area contributed by atoms with E-state index in [9.17, 15) is 23.9 Å². The lowest BCUT2D eigenvalue weighted by Crippen LogP contribution is -2.49. The van der Waals surface area contributed by atoms with Crippen LogP contribution in [-0.4, -0.2) is 47.0 Å². The van der Waals surface area contributed by atoms with Gasteiger partial charge in [0, 0.05) is 30.2 Å². The van der Waals surface area contributed by atoms with Crippen molar-refractivity contribution in [3.05, 3.63) is 52.6 Å². The van der Waals surface area contributed by atoms with E-state index >= 15 is 4.39 Å². The largest absolute Gasteiger partial charge is 0.493 e. The van der Waals surface area contributed by atoms with Crippen molar-refractivity contribution < 1.29 is 33.0 Å². The molecule has 2 aromatic carbocycles. The Bertz CT molecular complexity index is 1390. The van der Waals surface area contributed by atoms with Crippen LogP contribution in [0.2, 0.25) is 0 Å². The van der Waals surface area contributed by atoms with Crippen LogP contribution in [0.15, 0.2) is 24.3 Å². The molecule has 232 valence electrons. The monoisotopic (exact) mass is 596 g/mol. The molecule has 7 nitrogen and oxygen atoms in total. The first-order valence-corrected chi connectivity index (χ1v) is 15.6. The highest BCUT2D eigenvalue weighted by atomic mass is 19.1. The zero-order valence-corrected chi connectivity index (χ0v) is 25.1. The van der Waals surface area contributed by atoms with Crippen LogP contribution in [0.1, 0.15) is 99.8 Å². The third kappa shape index (κ3) is 6.86. The minimum Gasteiger partial charge on any atom is -0.493 e. The fourth-order valence-corrected chi connectivity index (χ4v) is 7.32. The predicted molar refractivity (Wildman–Crippen MR) is 159 cm³/mol. The van der Waals surface area contributed by atoms with E-state index in [-0.39, 0.29) is 22.4 Å². The Morgan fingerprint density at radius 1 is 1.00 bits per heavy atom. The molecule has 2 atom stereocenters. The van der Waals surface area contributed by atoms with Gasteiger partial charge in [-0.25, -0.2) is 8.78 Å². The van der Waals surface area contributed by atoms with E-state index < -0.39 is 42.0 Å². The first-order chi connectivity index (χ1) is 20.6. The SMILES string of the molecule is Cc1cc2cc(c1F)[C@H](CC(=O)O)NC(=O)[C@@H](N1CC3(CCCCC3)CC1=O)CCCCCCOc1cc(F)cc(C)c1-2. The van der Waals surface area contributed by atoms with E-state index in [1.165, 1.54) is 18.2 Å². The van der Waals surface area contributed by atoms with Crippen LogP contribution >= 0.6 is 0 Å². The summed E-state index contributed by atoms with van der Waals surface area (Å²) in [6.45, 7) is 4.21. The lowest BCUT2D eigenvalue weighted by Gasteiger charge is -2.35. The summed E-state index contributed by atoms with van der Waals surface area (Å²) in [5.74, 6) is -2.41. The molecule has 2 bridgehead atoms. The van der Waals surface area contributed by atoms with Crippen LogP contribution in [0, 0.1) is 30.9 Å². The Kier molecular flexibility index (Phi) is 9.37. The van der Waals surface area contributed by atoms with Crippen molar-refractivity contribution in [2.75, 3.05) is 13.2 Å². The number of benzene rings is 2. The average molecular weight is 597 g/mol. The molecule has 0 aromatic heterocycles. The van der Waals surface area contributed by atoms with Gasteiger partial charge in [0.15, 0.2) is 0 Å². The van der Waals surface area contributed by atoms with Gasteiger partial charge < -0.3 is 20.1 Å². The summed E-state index contributed by atoms with van der Waals surface area (Å²) in [6, 6.07) is 3.92. The zero-order valence-electron chi connectivity index (χ0n) is 25.1. The van der Waals surface area contributed by atoms with Crippen molar-refractivity contribution in [2.45, 2.75) is 103 Å². The molecule has 1 spiro atoms. The minimum absolute atomic E-state index is 0.0303. The van der Waals surface area contributed by atoms with Gasteiger partial charge in [-0.3, -0.25) is 14.4 Å². The van der Waals surface area contributed by atoms with Crippen molar-refractivity contribution in [1.29, 1.82) is 0 Å². The zero-order chi connectivity index (χ0) is 30.7. The molecule has 5 rings (SSSR count). The predicted octanol–water partition coefficient (Wildman–Crippen LogP) is 6.77. The standard InChI is InChI=1S/C34H42F2N2O5/c1-21-15-24(35)17-28-31(21)23-14-22(2)32(36)25(16-23)26(18-30(40)41)37-33(42)27(10-6-3-4-9-13-43-28)38-20-34(19-29(38)39)11-7-5-8-12-34/h14-17,26-27H,3-13,18-20H2,1-2H3,(H,37,42)(H,40,41)/t26-,27-/m0/s1. The number of carboxylic acids is 1. The number of carbonyl (C=O) groups is 3. The molecule has 2 heterocycles. The molecular weight excluding hydrogens is 554 g/mol. The van der Waals surface area contributed by atoms with Crippen LogP contribution < -0.4 is 10.1 Å². The highest BCUT2D eigenvalue weighted by Gasteiger charge is 2.47. The Morgan fingerprint density at radius 2 is 1.72 bits per heavy atom. The molecule has 2 N–H and O–H groups in total. The number of amides is 2. The number of carboxylic acid groups (broad SMARTS) is 1. The summed E-state index contributed by atoms with van der Waals surface area (Å²) in [7, 11) is 0. The maximum absolute atomic E-state index is 15.8. The van der Waals surface area contributed by atoms with Crippen molar-refractivity contribution >= 4 is 17.8 Å². The van der Waals surface area contributed by atoms with Crippen LogP contribution in [0.5, 0.6) is 5.75 Å². The van der Waals surface area contributed by atoms with Gasteiger partial charge in [0.05, 0.1) is 19.1 Å². The Balaban J connectivity index is 1.55. The topological polar surface area (TPSA) is 95.9 Å². The number of aliphatic carboxylic acids is 1. The Hall–Kier alpha value is -3.49. The number of halogens is 2. The maximum atomic E-state index is 15.8. The van der Waals surface area contributed by atoms with Gasteiger partial charge in [-0.1, -0.05) is 38.5 Å². The molecule has 2 aromatic rings. The molecule has 43 heavy (non-hydrogen) atoms. The summed E-state index contributed by atoms with van der Waals surface area (Å²) in [5, 5.41) is 12.6. The summed E-state index contributed by atoms with van der Waals surface area (Å²) in [5.41, 5.74) is 1.92. The smallest absolute Gasteiger partial charge is 0.305 e. The summed E-state index contributed by atoms with van der Waals surface area (Å²) >= 11 is 0. The van der Waals surface area contributed by atoms with Crippen LogP contribution in [0.3, 0.4) is 0 Å². The van der Waals surface area contributed by atoms with Crippen molar-refractivity contribution in [2.24, 2.45) is 5.41 Å². The van der Waals surface area contributed by atoms with E-state index in [0.717, 1.165) is 51.4 Å². The average Bonchev–Trinajstić information content (AvgIpc) is 3.25. The molecule has 2 amide bonds. The molecule has 1 saturated carbocycles. The number of likely N-dealkylation sites (tertiary alicyclic amines) is 1. The molecule has 9 heteroatoms. The van der Waals surface area contributed by atoms with Crippen LogP contribution in [0.4, 0.5) is 8.78 Å². The van der Waals surface area contributed by atoms with Crippen molar-refractivity contribution in [3.8, 4) is 16.9 Å². The number of nitrogens with zero attached hydrogens (tertiary/aromatic N) is 1. The number of fused-ring (bicyclic) bond motifs is 4. The Labute approximate surface area is 252 Å². The normalized spacial score (nSPS) is 23.0. The lowest BCUT2D eigenvalue weighted by atomic mass is 9.73.